The molecular weight excluding hydrogens is 479 g/mol. The molecule has 6 nitrogen and oxygen atoms in total. The average molecular weight is 515 g/mol. The number of pyridine rings is 1. The maximum absolute atomic E-state index is 13.9. The van der Waals surface area contributed by atoms with Crippen LogP contribution in [0, 0.1) is 5.82 Å². The van der Waals surface area contributed by atoms with Gasteiger partial charge in [0, 0.05) is 62.1 Å². The van der Waals surface area contributed by atoms with Crippen LogP contribution in [0.5, 0.6) is 5.75 Å². The quantitative estimate of drug-likeness (QED) is 0.252. The number of nitrogens with one attached hydrogen (secondary N) is 1. The molecule has 7 heteroatoms. The van der Waals surface area contributed by atoms with Crippen LogP contribution >= 0.6 is 0 Å². The molecule has 0 spiro atoms. The Morgan fingerprint density at radius 2 is 1.84 bits per heavy atom. The lowest BCUT2D eigenvalue weighted by Crippen LogP contribution is -2.32. The van der Waals surface area contributed by atoms with Gasteiger partial charge in [0.1, 0.15) is 11.6 Å². The number of anilines is 2. The van der Waals surface area contributed by atoms with Gasteiger partial charge < -0.3 is 19.9 Å². The van der Waals surface area contributed by atoms with Crippen molar-refractivity contribution in [2.24, 2.45) is 0 Å². The van der Waals surface area contributed by atoms with E-state index in [4.69, 9.17) is 4.74 Å². The van der Waals surface area contributed by atoms with Crippen molar-refractivity contribution in [1.82, 2.24) is 9.88 Å². The third-order valence-corrected chi connectivity index (χ3v) is 6.57. The smallest absolute Gasteiger partial charge is 0.254 e. The first-order valence-corrected chi connectivity index (χ1v) is 12.8. The zero-order valence-corrected chi connectivity index (χ0v) is 22.4. The summed E-state index contributed by atoms with van der Waals surface area (Å²) in [6.07, 6.45) is 3.39. The summed E-state index contributed by atoms with van der Waals surface area (Å²) in [5.41, 5.74) is 4.29. The largest absolute Gasteiger partial charge is 0.497 e. The minimum Gasteiger partial charge on any atom is -0.497 e. The monoisotopic (exact) mass is 514 g/mol. The minimum absolute atomic E-state index is 0.137. The van der Waals surface area contributed by atoms with Crippen LogP contribution in [0.1, 0.15) is 35.7 Å². The van der Waals surface area contributed by atoms with Gasteiger partial charge in [-0.3, -0.25) is 9.78 Å². The highest BCUT2D eigenvalue weighted by atomic mass is 19.1. The molecule has 4 aromatic rings. The zero-order valence-electron chi connectivity index (χ0n) is 22.4. The fraction of sp³-hybridized carbons (Fsp3) is 0.290. The Bertz CT molecular complexity index is 1370. The molecule has 1 amide bonds. The normalized spacial score (nSPS) is 11.7. The first-order chi connectivity index (χ1) is 18.3. The molecule has 0 bridgehead atoms. The Labute approximate surface area is 224 Å². The van der Waals surface area contributed by atoms with Crippen LogP contribution in [-0.2, 0) is 6.54 Å². The Hall–Kier alpha value is -4.13. The maximum Gasteiger partial charge on any atom is 0.254 e. The van der Waals surface area contributed by atoms with E-state index in [1.165, 1.54) is 12.1 Å². The molecule has 1 unspecified atom stereocenters. The fourth-order valence-corrected chi connectivity index (χ4v) is 4.50. The molecule has 0 fully saturated rings. The number of fused-ring (bicyclic) bond motifs is 1. The Morgan fingerprint density at radius 1 is 1.05 bits per heavy atom. The summed E-state index contributed by atoms with van der Waals surface area (Å²) in [7, 11) is 5.64. The van der Waals surface area contributed by atoms with Crippen LogP contribution in [0.3, 0.4) is 0 Å². The number of amides is 1. The standard InChI is InChI=1S/C31H35FN4O2/c1-22(34-29-20-28(38-4)19-24-10-6-16-33-30(24)29)8-7-17-36(31(37)25-9-5-11-26(32)18-25)21-23-12-14-27(15-13-23)35(2)3/h5-6,9-16,18-20,22,34H,7-8,17,21H2,1-4H3. The van der Waals surface area contributed by atoms with Crippen molar-refractivity contribution >= 4 is 28.2 Å². The molecule has 0 radical (unpaired) electrons. The summed E-state index contributed by atoms with van der Waals surface area (Å²) in [5, 5.41) is 4.58. The van der Waals surface area contributed by atoms with Gasteiger partial charge in [-0.05, 0) is 67.8 Å². The van der Waals surface area contributed by atoms with Crippen LogP contribution < -0.4 is 15.0 Å². The van der Waals surface area contributed by atoms with Gasteiger partial charge in [0.15, 0.2) is 0 Å². The number of benzene rings is 3. The summed E-state index contributed by atoms with van der Waals surface area (Å²) in [4.78, 5) is 21.8. The highest BCUT2D eigenvalue weighted by Gasteiger charge is 2.18. The molecule has 0 aliphatic carbocycles. The molecule has 198 valence electrons. The summed E-state index contributed by atoms with van der Waals surface area (Å²) in [6, 6.07) is 22.0. The third kappa shape index (κ3) is 6.79. The lowest BCUT2D eigenvalue weighted by molar-refractivity contribution is 0.0739. The van der Waals surface area contributed by atoms with Gasteiger partial charge in [0.25, 0.3) is 5.91 Å². The van der Waals surface area contributed by atoms with Crippen molar-refractivity contribution in [3.05, 3.63) is 95.9 Å². The first-order valence-electron chi connectivity index (χ1n) is 12.8. The highest BCUT2D eigenvalue weighted by molar-refractivity contribution is 5.94. The fourth-order valence-electron chi connectivity index (χ4n) is 4.50. The van der Waals surface area contributed by atoms with Crippen molar-refractivity contribution in [3.8, 4) is 5.75 Å². The van der Waals surface area contributed by atoms with Crippen molar-refractivity contribution in [2.75, 3.05) is 38.0 Å². The number of rotatable bonds is 11. The molecule has 1 heterocycles. The molecule has 0 saturated carbocycles. The van der Waals surface area contributed by atoms with E-state index < -0.39 is 5.82 Å². The summed E-state index contributed by atoms with van der Waals surface area (Å²) in [6.45, 7) is 3.12. The molecule has 1 aromatic heterocycles. The van der Waals surface area contributed by atoms with Gasteiger partial charge in [0.2, 0.25) is 0 Å². The van der Waals surface area contributed by atoms with Crippen LogP contribution in [0.15, 0.2) is 79.0 Å². The lowest BCUT2D eigenvalue weighted by atomic mass is 10.1. The number of hydrogen-bond donors (Lipinski definition) is 1. The molecule has 0 aliphatic heterocycles. The molecular formula is C31H35FN4O2. The SMILES string of the molecule is COc1cc(NC(C)CCCN(Cc2ccc(N(C)C)cc2)C(=O)c2cccc(F)c2)c2ncccc2c1. The lowest BCUT2D eigenvalue weighted by Gasteiger charge is -2.25. The Balaban J connectivity index is 1.45. The van der Waals surface area contributed by atoms with Gasteiger partial charge in [0.05, 0.1) is 18.3 Å². The molecule has 1 atom stereocenters. The van der Waals surface area contributed by atoms with Gasteiger partial charge in [-0.25, -0.2) is 4.39 Å². The number of nitrogens with zero attached hydrogens (tertiary/aromatic N) is 3. The molecule has 0 aliphatic rings. The van der Waals surface area contributed by atoms with Crippen molar-refractivity contribution in [2.45, 2.75) is 32.4 Å². The third-order valence-electron chi connectivity index (χ3n) is 6.57. The minimum atomic E-state index is -0.414. The van der Waals surface area contributed by atoms with E-state index in [0.717, 1.165) is 46.4 Å². The number of halogens is 1. The van der Waals surface area contributed by atoms with E-state index in [-0.39, 0.29) is 11.9 Å². The number of carbonyl (C=O) groups is 1. The predicted octanol–water partition coefficient (Wildman–Crippen LogP) is 6.37. The predicted molar refractivity (Wildman–Crippen MR) is 153 cm³/mol. The highest BCUT2D eigenvalue weighted by Crippen LogP contribution is 2.28. The number of methoxy groups -OCH3 is 1. The molecule has 38 heavy (non-hydrogen) atoms. The molecule has 0 saturated heterocycles. The molecule has 3 aromatic carbocycles. The Morgan fingerprint density at radius 3 is 2.55 bits per heavy atom. The topological polar surface area (TPSA) is 57.7 Å². The summed E-state index contributed by atoms with van der Waals surface area (Å²) in [5.74, 6) is 0.181. The molecule has 4 rings (SSSR count). The van der Waals surface area contributed by atoms with E-state index in [9.17, 15) is 9.18 Å². The van der Waals surface area contributed by atoms with Crippen molar-refractivity contribution in [1.29, 1.82) is 0 Å². The summed E-state index contributed by atoms with van der Waals surface area (Å²) >= 11 is 0. The molecule has 1 N–H and O–H groups in total. The number of ether oxygens (including phenoxy) is 1. The second-order valence-corrected chi connectivity index (χ2v) is 9.74. The van der Waals surface area contributed by atoms with Gasteiger partial charge in [-0.2, -0.15) is 0 Å². The number of carbonyl (C=O) groups excluding carboxylic acids is 1. The van der Waals surface area contributed by atoms with Gasteiger partial charge in [-0.15, -0.1) is 0 Å². The van der Waals surface area contributed by atoms with Crippen molar-refractivity contribution < 1.29 is 13.9 Å². The van der Waals surface area contributed by atoms with Crippen LogP contribution in [0.2, 0.25) is 0 Å². The van der Waals surface area contributed by atoms with E-state index in [0.29, 0.717) is 18.7 Å². The number of aromatic nitrogens is 1. The van der Waals surface area contributed by atoms with Gasteiger partial charge in [-0.1, -0.05) is 24.3 Å². The Kier molecular flexibility index (Phi) is 8.79. The second-order valence-electron chi connectivity index (χ2n) is 9.74. The van der Waals surface area contributed by atoms with Crippen LogP contribution in [0.25, 0.3) is 10.9 Å². The van der Waals surface area contributed by atoms with Gasteiger partial charge >= 0.3 is 0 Å². The van der Waals surface area contributed by atoms with Crippen LogP contribution in [-0.4, -0.2) is 49.6 Å². The van der Waals surface area contributed by atoms with Crippen LogP contribution in [0.4, 0.5) is 15.8 Å². The second kappa shape index (κ2) is 12.4. The van der Waals surface area contributed by atoms with E-state index >= 15 is 0 Å². The van der Waals surface area contributed by atoms with E-state index in [2.05, 4.69) is 17.2 Å². The summed E-state index contributed by atoms with van der Waals surface area (Å²) < 4.78 is 19.3. The average Bonchev–Trinajstić information content (AvgIpc) is 2.92. The van der Waals surface area contributed by atoms with Crippen molar-refractivity contribution in [3.63, 3.8) is 0 Å². The van der Waals surface area contributed by atoms with E-state index in [1.54, 1.807) is 30.3 Å². The van der Waals surface area contributed by atoms with E-state index in [1.807, 2.05) is 67.5 Å². The maximum atomic E-state index is 13.9. The first kappa shape index (κ1) is 26.9. The number of hydrogen-bond acceptors (Lipinski definition) is 5. The zero-order chi connectivity index (χ0) is 27.1.